The van der Waals surface area contributed by atoms with E-state index in [0.29, 0.717) is 13.0 Å². The second kappa shape index (κ2) is 8.12. The van der Waals surface area contributed by atoms with Crippen LogP contribution >= 0.6 is 0 Å². The molecule has 8 heteroatoms. The van der Waals surface area contributed by atoms with E-state index >= 15 is 0 Å². The fourth-order valence-electron chi connectivity index (χ4n) is 3.43. The second-order valence-electron chi connectivity index (χ2n) is 8.07. The minimum absolute atomic E-state index is 0.0996. The molecule has 2 saturated heterocycles. The topological polar surface area (TPSA) is 86.8 Å². The SMILES string of the molecule is CC(C)(C)OC(=O)N[C@H]1CCN(NC2CCN(c3ccncc3)CC2)C1=O. The number of hydrogen-bond acceptors (Lipinski definition) is 6. The van der Waals surface area contributed by atoms with E-state index in [1.165, 1.54) is 5.69 Å². The fourth-order valence-corrected chi connectivity index (χ4v) is 3.43. The number of nitrogens with zero attached hydrogens (tertiary/aromatic N) is 3. The van der Waals surface area contributed by atoms with Gasteiger partial charge in [-0.3, -0.25) is 14.8 Å². The van der Waals surface area contributed by atoms with Crippen molar-refractivity contribution in [3.63, 3.8) is 0 Å². The highest BCUT2D eigenvalue weighted by atomic mass is 16.6. The maximum absolute atomic E-state index is 12.5. The summed E-state index contributed by atoms with van der Waals surface area (Å²) in [6, 6.07) is 3.77. The molecule has 0 saturated carbocycles. The molecule has 2 fully saturated rings. The van der Waals surface area contributed by atoms with E-state index in [1.54, 1.807) is 38.2 Å². The van der Waals surface area contributed by atoms with Crippen LogP contribution in [0.25, 0.3) is 0 Å². The number of ether oxygens (including phenoxy) is 1. The molecule has 0 radical (unpaired) electrons. The molecule has 2 aliphatic heterocycles. The number of hydrazine groups is 1. The molecular formula is C19H29N5O3. The molecule has 1 aromatic heterocycles. The quantitative estimate of drug-likeness (QED) is 0.833. The molecule has 27 heavy (non-hydrogen) atoms. The van der Waals surface area contributed by atoms with Crippen molar-refractivity contribution >= 4 is 17.7 Å². The van der Waals surface area contributed by atoms with Crippen molar-refractivity contribution < 1.29 is 14.3 Å². The van der Waals surface area contributed by atoms with Crippen LogP contribution in [0.5, 0.6) is 0 Å². The summed E-state index contributed by atoms with van der Waals surface area (Å²) in [6.07, 6.45) is 5.56. The summed E-state index contributed by atoms with van der Waals surface area (Å²) < 4.78 is 5.24. The number of carbonyl (C=O) groups excluding carboxylic acids is 2. The van der Waals surface area contributed by atoms with Crippen molar-refractivity contribution in [1.82, 2.24) is 20.7 Å². The normalized spacial score (nSPS) is 21.4. The molecule has 2 N–H and O–H groups in total. The summed E-state index contributed by atoms with van der Waals surface area (Å²) in [5.41, 5.74) is 3.95. The first-order valence-electron chi connectivity index (χ1n) is 9.54. The summed E-state index contributed by atoms with van der Waals surface area (Å²) >= 11 is 0. The van der Waals surface area contributed by atoms with E-state index in [9.17, 15) is 9.59 Å². The van der Waals surface area contributed by atoms with E-state index in [0.717, 1.165) is 25.9 Å². The van der Waals surface area contributed by atoms with Gasteiger partial charge in [-0.15, -0.1) is 0 Å². The first kappa shape index (κ1) is 19.4. The Hall–Kier alpha value is -2.35. The molecule has 0 aliphatic carbocycles. The summed E-state index contributed by atoms with van der Waals surface area (Å²) in [5.74, 6) is -0.0996. The van der Waals surface area contributed by atoms with Crippen LogP contribution in [0.15, 0.2) is 24.5 Å². The molecule has 0 aromatic carbocycles. The number of carbonyl (C=O) groups is 2. The smallest absolute Gasteiger partial charge is 0.408 e. The Kier molecular flexibility index (Phi) is 5.84. The minimum atomic E-state index is -0.577. The number of piperidine rings is 1. The Morgan fingerprint density at radius 3 is 2.44 bits per heavy atom. The Balaban J connectivity index is 1.44. The van der Waals surface area contributed by atoms with Gasteiger partial charge in [0.25, 0.3) is 5.91 Å². The minimum Gasteiger partial charge on any atom is -0.444 e. The van der Waals surface area contributed by atoms with Gasteiger partial charge in [0, 0.05) is 43.8 Å². The molecule has 1 atom stereocenters. The third-order valence-corrected chi connectivity index (χ3v) is 4.76. The van der Waals surface area contributed by atoms with Gasteiger partial charge >= 0.3 is 6.09 Å². The van der Waals surface area contributed by atoms with Crippen molar-refractivity contribution in [2.75, 3.05) is 24.5 Å². The van der Waals surface area contributed by atoms with Gasteiger partial charge in [-0.25, -0.2) is 10.2 Å². The van der Waals surface area contributed by atoms with Crippen molar-refractivity contribution in [3.05, 3.63) is 24.5 Å². The third kappa shape index (κ3) is 5.32. The fraction of sp³-hybridized carbons (Fsp3) is 0.632. The van der Waals surface area contributed by atoms with Gasteiger partial charge in [0.2, 0.25) is 0 Å². The molecule has 2 amide bonds. The molecular weight excluding hydrogens is 346 g/mol. The Morgan fingerprint density at radius 1 is 1.15 bits per heavy atom. The van der Waals surface area contributed by atoms with Crippen molar-refractivity contribution in [2.24, 2.45) is 0 Å². The van der Waals surface area contributed by atoms with Crippen molar-refractivity contribution in [1.29, 1.82) is 0 Å². The van der Waals surface area contributed by atoms with Crippen LogP contribution < -0.4 is 15.6 Å². The lowest BCUT2D eigenvalue weighted by atomic mass is 10.1. The van der Waals surface area contributed by atoms with E-state index in [1.807, 2.05) is 12.1 Å². The zero-order valence-electron chi connectivity index (χ0n) is 16.3. The Labute approximate surface area is 160 Å². The van der Waals surface area contributed by atoms with Crippen LogP contribution in [0.4, 0.5) is 10.5 Å². The number of alkyl carbamates (subject to hydrolysis) is 1. The maximum Gasteiger partial charge on any atom is 0.408 e. The molecule has 2 aliphatic rings. The van der Waals surface area contributed by atoms with Crippen LogP contribution in [0.2, 0.25) is 0 Å². The summed E-state index contributed by atoms with van der Waals surface area (Å²) in [5, 5.41) is 4.32. The van der Waals surface area contributed by atoms with Crippen LogP contribution in [0, 0.1) is 0 Å². The monoisotopic (exact) mass is 375 g/mol. The zero-order chi connectivity index (χ0) is 19.4. The lowest BCUT2D eigenvalue weighted by Gasteiger charge is -2.35. The first-order valence-corrected chi connectivity index (χ1v) is 9.54. The van der Waals surface area contributed by atoms with Crippen LogP contribution in [0.3, 0.4) is 0 Å². The van der Waals surface area contributed by atoms with Crippen molar-refractivity contribution in [2.45, 2.75) is 57.7 Å². The average molecular weight is 375 g/mol. The summed E-state index contributed by atoms with van der Waals surface area (Å²) in [7, 11) is 0. The van der Waals surface area contributed by atoms with E-state index in [-0.39, 0.29) is 11.9 Å². The number of aromatic nitrogens is 1. The van der Waals surface area contributed by atoms with Gasteiger partial charge in [-0.05, 0) is 52.2 Å². The third-order valence-electron chi connectivity index (χ3n) is 4.76. The molecule has 8 nitrogen and oxygen atoms in total. The van der Waals surface area contributed by atoms with E-state index < -0.39 is 17.7 Å². The Morgan fingerprint density at radius 2 is 1.81 bits per heavy atom. The van der Waals surface area contributed by atoms with Gasteiger partial charge in [0.15, 0.2) is 0 Å². The number of rotatable bonds is 4. The van der Waals surface area contributed by atoms with Gasteiger partial charge < -0.3 is 15.0 Å². The second-order valence-corrected chi connectivity index (χ2v) is 8.07. The number of nitrogens with one attached hydrogen (secondary N) is 2. The highest BCUT2D eigenvalue weighted by molar-refractivity contribution is 5.87. The molecule has 1 aromatic rings. The lowest BCUT2D eigenvalue weighted by molar-refractivity contribution is -0.132. The molecule has 148 valence electrons. The molecule has 0 spiro atoms. The average Bonchev–Trinajstić information content (AvgIpc) is 2.95. The van der Waals surface area contributed by atoms with Crippen LogP contribution in [-0.2, 0) is 9.53 Å². The first-order chi connectivity index (χ1) is 12.8. The predicted octanol–water partition coefficient (Wildman–Crippen LogP) is 1.68. The number of hydrogen-bond donors (Lipinski definition) is 2. The molecule has 0 unspecified atom stereocenters. The highest BCUT2D eigenvalue weighted by Gasteiger charge is 2.35. The molecule has 3 rings (SSSR count). The van der Waals surface area contributed by atoms with Crippen molar-refractivity contribution in [3.8, 4) is 0 Å². The number of amides is 2. The van der Waals surface area contributed by atoms with E-state index in [4.69, 9.17) is 4.74 Å². The number of anilines is 1. The van der Waals surface area contributed by atoms with Gasteiger partial charge in [-0.1, -0.05) is 0 Å². The largest absolute Gasteiger partial charge is 0.444 e. The lowest BCUT2D eigenvalue weighted by Crippen LogP contribution is -2.52. The summed E-state index contributed by atoms with van der Waals surface area (Å²) in [6.45, 7) is 7.86. The zero-order valence-corrected chi connectivity index (χ0v) is 16.3. The van der Waals surface area contributed by atoms with Crippen LogP contribution in [-0.4, -0.2) is 59.3 Å². The maximum atomic E-state index is 12.5. The van der Waals surface area contributed by atoms with Gasteiger partial charge in [0.1, 0.15) is 11.6 Å². The molecule has 3 heterocycles. The molecule has 0 bridgehead atoms. The van der Waals surface area contributed by atoms with Gasteiger partial charge in [-0.2, -0.15) is 0 Å². The van der Waals surface area contributed by atoms with Crippen LogP contribution in [0.1, 0.15) is 40.0 Å². The standard InChI is InChI=1S/C19H29N5O3/c1-19(2,3)27-18(26)21-16-8-13-24(17(16)25)22-14-6-11-23(12-7-14)15-4-9-20-10-5-15/h4-5,9-10,14,16,22H,6-8,11-13H2,1-3H3,(H,21,26)/t16-/m0/s1. The summed E-state index contributed by atoms with van der Waals surface area (Å²) in [4.78, 5) is 30.8. The van der Waals surface area contributed by atoms with Gasteiger partial charge in [0.05, 0.1) is 0 Å². The highest BCUT2D eigenvalue weighted by Crippen LogP contribution is 2.20. The predicted molar refractivity (Wildman–Crippen MR) is 102 cm³/mol. The Bertz CT molecular complexity index is 653. The van der Waals surface area contributed by atoms with E-state index in [2.05, 4.69) is 20.6 Å². The number of pyridine rings is 1.